The molecule has 0 radical (unpaired) electrons. The Labute approximate surface area is 141 Å². The van der Waals surface area contributed by atoms with E-state index in [1.165, 1.54) is 0 Å². The molecule has 130 valence electrons. The van der Waals surface area contributed by atoms with Crippen molar-refractivity contribution in [3.8, 4) is 0 Å². The van der Waals surface area contributed by atoms with E-state index in [4.69, 9.17) is 5.73 Å². The Hall–Kier alpha value is -2.41. The summed E-state index contributed by atoms with van der Waals surface area (Å²) >= 11 is 0. The molecule has 1 heterocycles. The Kier molecular flexibility index (Phi) is 5.56. The average molecular weight is 332 g/mol. The van der Waals surface area contributed by atoms with Crippen molar-refractivity contribution in [3.63, 3.8) is 0 Å². The number of hydrogen-bond donors (Lipinski definition) is 3. The molecule has 0 aromatic heterocycles. The Morgan fingerprint density at radius 3 is 2.33 bits per heavy atom. The van der Waals surface area contributed by atoms with Crippen molar-refractivity contribution in [2.24, 2.45) is 5.73 Å². The van der Waals surface area contributed by atoms with Gasteiger partial charge >= 0.3 is 6.03 Å². The first-order valence-electron chi connectivity index (χ1n) is 8.14. The van der Waals surface area contributed by atoms with Crippen LogP contribution in [0.5, 0.6) is 0 Å². The molecule has 0 aliphatic carbocycles. The van der Waals surface area contributed by atoms with E-state index in [0.717, 1.165) is 23.3 Å². The smallest absolute Gasteiger partial charge is 0.324 e. The van der Waals surface area contributed by atoms with Crippen molar-refractivity contribution in [1.82, 2.24) is 15.5 Å². The molecule has 4 N–H and O–H groups in total. The number of amides is 4. The third kappa shape index (κ3) is 3.73. The van der Waals surface area contributed by atoms with Crippen molar-refractivity contribution in [2.45, 2.75) is 38.8 Å². The first-order valence-corrected chi connectivity index (χ1v) is 8.14. The minimum atomic E-state index is -0.393. The maximum absolute atomic E-state index is 12.4. The third-order valence-corrected chi connectivity index (χ3v) is 4.62. The second-order valence-electron chi connectivity index (χ2n) is 5.98. The first-order chi connectivity index (χ1) is 11.4. The highest BCUT2D eigenvalue weighted by Gasteiger charge is 2.29. The molecular weight excluding hydrogens is 308 g/mol. The molecule has 0 saturated carbocycles. The van der Waals surface area contributed by atoms with Crippen LogP contribution in [-0.4, -0.2) is 41.4 Å². The van der Waals surface area contributed by atoms with Crippen LogP contribution in [-0.2, 0) is 11.3 Å². The van der Waals surface area contributed by atoms with Gasteiger partial charge in [0.05, 0.1) is 18.6 Å². The summed E-state index contributed by atoms with van der Waals surface area (Å²) in [7, 11) is 0. The summed E-state index contributed by atoms with van der Waals surface area (Å²) in [4.78, 5) is 36.7. The summed E-state index contributed by atoms with van der Waals surface area (Å²) in [6.45, 7) is 4.61. The van der Waals surface area contributed by atoms with Crippen molar-refractivity contribution in [3.05, 3.63) is 35.4 Å². The maximum Gasteiger partial charge on any atom is 0.324 e. The van der Waals surface area contributed by atoms with E-state index in [0.29, 0.717) is 12.1 Å². The molecule has 4 amide bonds. The van der Waals surface area contributed by atoms with Gasteiger partial charge in [0, 0.05) is 12.1 Å². The number of benzene rings is 1. The monoisotopic (exact) mass is 332 g/mol. The largest absolute Gasteiger partial charge is 0.345 e. The van der Waals surface area contributed by atoms with Gasteiger partial charge in [0.2, 0.25) is 5.91 Å². The molecule has 0 unspecified atom stereocenters. The van der Waals surface area contributed by atoms with Crippen LogP contribution in [0.3, 0.4) is 0 Å². The quantitative estimate of drug-likeness (QED) is 0.648. The number of hydrogen-bond acceptors (Lipinski definition) is 4. The lowest BCUT2D eigenvalue weighted by Gasteiger charge is -2.31. The molecule has 24 heavy (non-hydrogen) atoms. The summed E-state index contributed by atoms with van der Waals surface area (Å²) in [5, 5.41) is 5.49. The van der Waals surface area contributed by atoms with Crippen LogP contribution in [0.25, 0.3) is 0 Å². The molecule has 1 aliphatic heterocycles. The van der Waals surface area contributed by atoms with Gasteiger partial charge in [-0.05, 0) is 30.5 Å². The van der Waals surface area contributed by atoms with E-state index in [1.54, 1.807) is 24.3 Å². The number of carbonyl (C=O) groups excluding carboxylic acids is 3. The lowest BCUT2D eigenvalue weighted by molar-refractivity contribution is -0.125. The summed E-state index contributed by atoms with van der Waals surface area (Å²) in [6.07, 6.45) is 1.52. The fraction of sp³-hybridized carbons (Fsp3) is 0.471. The van der Waals surface area contributed by atoms with Crippen molar-refractivity contribution >= 4 is 17.8 Å². The summed E-state index contributed by atoms with van der Waals surface area (Å²) < 4.78 is 0. The maximum atomic E-state index is 12.4. The molecule has 7 nitrogen and oxygen atoms in total. The molecule has 0 spiro atoms. The van der Waals surface area contributed by atoms with Crippen molar-refractivity contribution < 1.29 is 14.4 Å². The van der Waals surface area contributed by atoms with E-state index in [-0.39, 0.29) is 30.9 Å². The molecule has 1 aliphatic rings. The summed E-state index contributed by atoms with van der Waals surface area (Å²) in [5.74, 6) is -0.425. The van der Waals surface area contributed by atoms with Gasteiger partial charge in [-0.2, -0.15) is 0 Å². The lowest BCUT2D eigenvalue weighted by Crippen LogP contribution is -2.52. The van der Waals surface area contributed by atoms with E-state index in [2.05, 4.69) is 10.6 Å². The van der Waals surface area contributed by atoms with Gasteiger partial charge < -0.3 is 16.4 Å². The predicted molar refractivity (Wildman–Crippen MR) is 90.2 cm³/mol. The highest BCUT2D eigenvalue weighted by molar-refractivity contribution is 6.01. The van der Waals surface area contributed by atoms with Crippen LogP contribution in [0.15, 0.2) is 24.3 Å². The van der Waals surface area contributed by atoms with Gasteiger partial charge in [0.15, 0.2) is 0 Å². The number of carbonyl (C=O) groups is 3. The SMILES string of the molecule is CCC(CC)(CN)NC(=O)c1ccc(CN2C(=O)CNC2=O)cc1. The zero-order valence-electron chi connectivity index (χ0n) is 14.1. The number of rotatable bonds is 7. The van der Waals surface area contributed by atoms with Gasteiger partial charge in [-0.25, -0.2) is 4.79 Å². The van der Waals surface area contributed by atoms with Crippen molar-refractivity contribution in [1.29, 1.82) is 0 Å². The van der Waals surface area contributed by atoms with Crippen LogP contribution in [0.4, 0.5) is 4.79 Å². The fourth-order valence-electron chi connectivity index (χ4n) is 2.64. The van der Waals surface area contributed by atoms with Gasteiger partial charge in [-0.15, -0.1) is 0 Å². The Bertz CT molecular complexity index is 599. The molecule has 1 fully saturated rings. The molecule has 1 aromatic rings. The van der Waals surface area contributed by atoms with Crippen LogP contribution < -0.4 is 16.4 Å². The number of urea groups is 1. The highest BCUT2D eigenvalue weighted by atomic mass is 16.2. The minimum Gasteiger partial charge on any atom is -0.345 e. The minimum absolute atomic E-state index is 0.0362. The zero-order valence-corrected chi connectivity index (χ0v) is 14.1. The van der Waals surface area contributed by atoms with Crippen LogP contribution in [0.2, 0.25) is 0 Å². The van der Waals surface area contributed by atoms with Gasteiger partial charge in [-0.1, -0.05) is 26.0 Å². The standard InChI is InChI=1S/C17H24N4O3/c1-3-17(4-2,11-18)20-15(23)13-7-5-12(6-8-13)10-21-14(22)9-19-16(21)24/h5-8H,3-4,9-11,18H2,1-2H3,(H,19,24)(H,20,23). The third-order valence-electron chi connectivity index (χ3n) is 4.62. The van der Waals surface area contributed by atoms with Crippen LogP contribution in [0, 0.1) is 0 Å². The van der Waals surface area contributed by atoms with Crippen molar-refractivity contribution in [2.75, 3.05) is 13.1 Å². The van der Waals surface area contributed by atoms with Crippen LogP contribution in [0.1, 0.15) is 42.6 Å². The second-order valence-corrected chi connectivity index (χ2v) is 5.98. The summed E-state index contributed by atoms with van der Waals surface area (Å²) in [6, 6.07) is 6.48. The molecule has 1 saturated heterocycles. The topological polar surface area (TPSA) is 105 Å². The Morgan fingerprint density at radius 1 is 1.25 bits per heavy atom. The molecule has 0 atom stereocenters. The molecule has 7 heteroatoms. The fourth-order valence-corrected chi connectivity index (χ4v) is 2.64. The molecule has 2 rings (SSSR count). The van der Waals surface area contributed by atoms with E-state index in [9.17, 15) is 14.4 Å². The number of imide groups is 1. The van der Waals surface area contributed by atoms with Gasteiger partial charge in [0.1, 0.15) is 0 Å². The summed E-state index contributed by atoms with van der Waals surface area (Å²) in [5.41, 5.74) is 6.72. The molecular formula is C17H24N4O3. The number of nitrogens with zero attached hydrogens (tertiary/aromatic N) is 1. The zero-order chi connectivity index (χ0) is 17.7. The second kappa shape index (κ2) is 7.44. The number of nitrogens with two attached hydrogens (primary N) is 1. The van der Waals surface area contributed by atoms with Gasteiger partial charge in [-0.3, -0.25) is 14.5 Å². The molecule has 1 aromatic carbocycles. The van der Waals surface area contributed by atoms with Crippen LogP contribution >= 0.6 is 0 Å². The van der Waals surface area contributed by atoms with E-state index >= 15 is 0 Å². The normalized spacial score (nSPS) is 14.7. The Balaban J connectivity index is 2.05. The first kappa shape index (κ1) is 17.9. The lowest BCUT2D eigenvalue weighted by atomic mass is 9.92. The number of nitrogens with one attached hydrogen (secondary N) is 2. The van der Waals surface area contributed by atoms with E-state index < -0.39 is 5.54 Å². The van der Waals surface area contributed by atoms with E-state index in [1.807, 2.05) is 13.8 Å². The average Bonchev–Trinajstić information content (AvgIpc) is 2.92. The van der Waals surface area contributed by atoms with Gasteiger partial charge in [0.25, 0.3) is 5.91 Å². The predicted octanol–water partition coefficient (Wildman–Crippen LogP) is 0.986. The highest BCUT2D eigenvalue weighted by Crippen LogP contribution is 2.15. The molecule has 0 bridgehead atoms. The Morgan fingerprint density at radius 2 is 1.88 bits per heavy atom.